The monoisotopic (exact) mass is 274 g/mol. The molecule has 0 saturated heterocycles. The highest BCUT2D eigenvalue weighted by atomic mass is 16.3. The van der Waals surface area contributed by atoms with Gasteiger partial charge in [0, 0.05) is 5.56 Å². The number of anilines is 1. The third-order valence-corrected chi connectivity index (χ3v) is 2.91. The second-order valence-corrected chi connectivity index (χ2v) is 5.59. The predicted octanol–water partition coefficient (Wildman–Crippen LogP) is 1.96. The zero-order valence-electron chi connectivity index (χ0n) is 12.0. The van der Waals surface area contributed by atoms with Crippen molar-refractivity contribution in [3.05, 3.63) is 28.8 Å². The van der Waals surface area contributed by atoms with E-state index in [0.29, 0.717) is 5.56 Å². The number of aryl methyl sites for hydroxylation is 1. The molecule has 0 unspecified atom stereocenters. The smallest absolute Gasteiger partial charge is 0.283 e. The quantitative estimate of drug-likeness (QED) is 0.587. The van der Waals surface area contributed by atoms with Gasteiger partial charge < -0.3 is 5.11 Å². The van der Waals surface area contributed by atoms with Gasteiger partial charge in [0.05, 0.1) is 6.21 Å². The Bertz CT molecular complexity index is 613. The molecule has 2 rings (SSSR count). The highest BCUT2D eigenvalue weighted by Crippen LogP contribution is 2.29. The van der Waals surface area contributed by atoms with E-state index in [9.17, 15) is 5.11 Å². The topological polar surface area (TPSA) is 99.1 Å². The molecule has 0 aliphatic heterocycles. The Kier molecular flexibility index (Phi) is 3.69. The van der Waals surface area contributed by atoms with E-state index in [1.165, 1.54) is 6.21 Å². The van der Waals surface area contributed by atoms with Gasteiger partial charge in [-0.1, -0.05) is 31.9 Å². The first kappa shape index (κ1) is 14.0. The van der Waals surface area contributed by atoms with Gasteiger partial charge in [-0.2, -0.15) is 10.3 Å². The molecule has 0 aliphatic rings. The van der Waals surface area contributed by atoms with E-state index < -0.39 is 0 Å². The average molecular weight is 274 g/mol. The van der Waals surface area contributed by atoms with Crippen LogP contribution >= 0.6 is 0 Å². The molecule has 1 aromatic heterocycles. The molecule has 0 bridgehead atoms. The van der Waals surface area contributed by atoms with E-state index in [0.717, 1.165) is 11.1 Å². The third kappa shape index (κ3) is 3.11. The van der Waals surface area contributed by atoms with Gasteiger partial charge in [-0.05, 0) is 34.7 Å². The Morgan fingerprint density at radius 1 is 1.35 bits per heavy atom. The van der Waals surface area contributed by atoms with Gasteiger partial charge in [0.2, 0.25) is 0 Å². The molecule has 0 aliphatic carbocycles. The van der Waals surface area contributed by atoms with Crippen molar-refractivity contribution >= 4 is 12.2 Å². The van der Waals surface area contributed by atoms with Crippen LogP contribution in [0.15, 0.2) is 17.2 Å². The van der Waals surface area contributed by atoms with Crippen molar-refractivity contribution in [2.45, 2.75) is 33.1 Å². The molecule has 1 aromatic carbocycles. The standard InChI is InChI=1S/C13H18N6O/c1-8-5-10(13(2,3)4)6-9(11(8)20)7-14-15-12-16-18-19-17-12/h5-7,20H,1-4H3,(H2,15,16,17,18,19). The summed E-state index contributed by atoms with van der Waals surface area (Å²) in [5.41, 5.74) is 5.22. The number of benzene rings is 1. The summed E-state index contributed by atoms with van der Waals surface area (Å²) in [7, 11) is 0. The summed E-state index contributed by atoms with van der Waals surface area (Å²) in [6.07, 6.45) is 1.54. The number of nitrogens with one attached hydrogen (secondary N) is 2. The summed E-state index contributed by atoms with van der Waals surface area (Å²) in [4.78, 5) is 0. The minimum atomic E-state index is 0.00213. The van der Waals surface area contributed by atoms with E-state index in [2.05, 4.69) is 51.9 Å². The average Bonchev–Trinajstić information content (AvgIpc) is 2.86. The number of aromatic nitrogens is 4. The number of aromatic amines is 1. The molecule has 20 heavy (non-hydrogen) atoms. The maximum atomic E-state index is 10.1. The molecule has 0 saturated carbocycles. The number of phenols is 1. The van der Waals surface area contributed by atoms with Crippen LogP contribution in [0.3, 0.4) is 0 Å². The lowest BCUT2D eigenvalue weighted by atomic mass is 9.85. The van der Waals surface area contributed by atoms with Crippen molar-refractivity contribution in [1.82, 2.24) is 20.6 Å². The molecule has 3 N–H and O–H groups in total. The number of hydrogen-bond donors (Lipinski definition) is 3. The largest absolute Gasteiger partial charge is 0.507 e. The highest BCUT2D eigenvalue weighted by molar-refractivity contribution is 5.85. The summed E-state index contributed by atoms with van der Waals surface area (Å²) in [5, 5.41) is 27.2. The molecule has 7 heteroatoms. The van der Waals surface area contributed by atoms with Gasteiger partial charge in [-0.15, -0.1) is 5.10 Å². The molecule has 0 radical (unpaired) electrons. The Labute approximate surface area is 117 Å². The first-order valence-electron chi connectivity index (χ1n) is 6.24. The number of phenolic OH excluding ortho intramolecular Hbond substituents is 1. The van der Waals surface area contributed by atoms with Crippen LogP contribution in [0.2, 0.25) is 0 Å². The molecular formula is C13H18N6O. The van der Waals surface area contributed by atoms with Crippen LogP contribution < -0.4 is 5.43 Å². The second kappa shape index (κ2) is 5.28. The van der Waals surface area contributed by atoms with E-state index in [-0.39, 0.29) is 17.1 Å². The number of rotatable bonds is 3. The molecule has 0 fully saturated rings. The third-order valence-electron chi connectivity index (χ3n) is 2.91. The van der Waals surface area contributed by atoms with Gasteiger partial charge in [0.1, 0.15) is 5.75 Å². The predicted molar refractivity (Wildman–Crippen MR) is 76.9 cm³/mol. The number of aromatic hydroxyl groups is 1. The SMILES string of the molecule is Cc1cc(C(C)(C)C)cc(C=NNc2nn[nH]n2)c1O. The van der Waals surface area contributed by atoms with Crippen molar-refractivity contribution in [3.8, 4) is 5.75 Å². The van der Waals surface area contributed by atoms with E-state index in [1.54, 1.807) is 0 Å². The highest BCUT2D eigenvalue weighted by Gasteiger charge is 2.16. The summed E-state index contributed by atoms with van der Waals surface area (Å²) in [6.45, 7) is 8.24. The fourth-order valence-corrected chi connectivity index (χ4v) is 1.71. The van der Waals surface area contributed by atoms with Crippen LogP contribution in [0, 0.1) is 6.92 Å². The van der Waals surface area contributed by atoms with Gasteiger partial charge in [-0.25, -0.2) is 5.43 Å². The van der Waals surface area contributed by atoms with Gasteiger partial charge in [0.15, 0.2) is 0 Å². The van der Waals surface area contributed by atoms with E-state index >= 15 is 0 Å². The Morgan fingerprint density at radius 2 is 2.10 bits per heavy atom. The van der Waals surface area contributed by atoms with Crippen LogP contribution in [-0.2, 0) is 5.41 Å². The summed E-state index contributed by atoms with van der Waals surface area (Å²) >= 11 is 0. The number of nitrogens with zero attached hydrogens (tertiary/aromatic N) is 4. The maximum absolute atomic E-state index is 10.1. The fraction of sp³-hybridized carbons (Fsp3) is 0.385. The molecule has 0 amide bonds. The fourth-order valence-electron chi connectivity index (χ4n) is 1.71. The van der Waals surface area contributed by atoms with Crippen molar-refractivity contribution in [2.24, 2.45) is 5.10 Å². The lowest BCUT2D eigenvalue weighted by Gasteiger charge is -2.20. The zero-order chi connectivity index (χ0) is 14.8. The summed E-state index contributed by atoms with van der Waals surface area (Å²) in [6, 6.07) is 3.91. The molecule has 2 aromatic rings. The van der Waals surface area contributed by atoms with Crippen molar-refractivity contribution in [3.63, 3.8) is 0 Å². The second-order valence-electron chi connectivity index (χ2n) is 5.59. The molecule has 0 atom stereocenters. The maximum Gasteiger partial charge on any atom is 0.283 e. The molecule has 7 nitrogen and oxygen atoms in total. The summed E-state index contributed by atoms with van der Waals surface area (Å²) < 4.78 is 0. The number of hydrogen-bond acceptors (Lipinski definition) is 6. The van der Waals surface area contributed by atoms with Crippen LogP contribution in [0.5, 0.6) is 5.75 Å². The van der Waals surface area contributed by atoms with Crippen molar-refractivity contribution in [2.75, 3.05) is 5.43 Å². The minimum absolute atomic E-state index is 0.00213. The normalized spacial score (nSPS) is 12.0. The number of hydrazone groups is 1. The lowest BCUT2D eigenvalue weighted by molar-refractivity contribution is 0.469. The molecular weight excluding hydrogens is 256 g/mol. The number of H-pyrrole nitrogens is 1. The van der Waals surface area contributed by atoms with E-state index in [1.807, 2.05) is 19.1 Å². The molecule has 106 valence electrons. The molecule has 0 spiro atoms. The van der Waals surface area contributed by atoms with Crippen LogP contribution in [0.25, 0.3) is 0 Å². The Hall–Kier alpha value is -2.44. The van der Waals surface area contributed by atoms with E-state index in [4.69, 9.17) is 0 Å². The first-order chi connectivity index (χ1) is 9.38. The number of tetrazole rings is 1. The first-order valence-corrected chi connectivity index (χ1v) is 6.24. The van der Waals surface area contributed by atoms with Crippen molar-refractivity contribution in [1.29, 1.82) is 0 Å². The lowest BCUT2D eigenvalue weighted by Crippen LogP contribution is -2.12. The van der Waals surface area contributed by atoms with Crippen LogP contribution in [-0.4, -0.2) is 31.9 Å². The summed E-state index contributed by atoms with van der Waals surface area (Å²) in [5.74, 6) is 0.487. The van der Waals surface area contributed by atoms with Gasteiger partial charge in [0.25, 0.3) is 5.95 Å². The van der Waals surface area contributed by atoms with Gasteiger partial charge >= 0.3 is 0 Å². The van der Waals surface area contributed by atoms with Crippen LogP contribution in [0.1, 0.15) is 37.5 Å². The van der Waals surface area contributed by atoms with Crippen molar-refractivity contribution < 1.29 is 5.11 Å². The minimum Gasteiger partial charge on any atom is -0.507 e. The Morgan fingerprint density at radius 3 is 2.70 bits per heavy atom. The Balaban J connectivity index is 2.26. The van der Waals surface area contributed by atoms with Crippen LogP contribution in [0.4, 0.5) is 5.95 Å². The zero-order valence-corrected chi connectivity index (χ0v) is 12.0. The molecule has 1 heterocycles. The van der Waals surface area contributed by atoms with Gasteiger partial charge in [-0.3, -0.25) is 0 Å².